The molecule has 2 aromatic rings. The Bertz CT molecular complexity index is 686. The largest absolute Gasteiger partial charge is 0.357 e. The minimum absolute atomic E-state index is 0.0408. The lowest BCUT2D eigenvalue weighted by Crippen LogP contribution is -2.33. The summed E-state index contributed by atoms with van der Waals surface area (Å²) < 4.78 is 1.96. The van der Waals surface area contributed by atoms with Crippen LogP contribution in [0.3, 0.4) is 0 Å². The second-order valence-electron chi connectivity index (χ2n) is 6.20. The van der Waals surface area contributed by atoms with E-state index in [9.17, 15) is 4.79 Å². The molecule has 0 aromatic carbocycles. The number of nitrogens with zero attached hydrogens (tertiary/aromatic N) is 5. The normalized spacial score (nSPS) is 13.8. The van der Waals surface area contributed by atoms with Gasteiger partial charge in [-0.25, -0.2) is 9.97 Å². The van der Waals surface area contributed by atoms with Crippen molar-refractivity contribution in [1.82, 2.24) is 19.4 Å². The minimum Gasteiger partial charge on any atom is -0.357 e. The molecule has 6 nitrogen and oxygen atoms in total. The average Bonchev–Trinajstić information content (AvgIpc) is 3.37. The molecule has 0 spiro atoms. The topological polar surface area (TPSA) is 54.3 Å². The fourth-order valence-electron chi connectivity index (χ4n) is 2.87. The molecule has 0 unspecified atom stereocenters. The molecule has 1 aliphatic carbocycles. The number of aromatic nitrogens is 3. The minimum atomic E-state index is 0.0408. The molecule has 0 atom stereocenters. The van der Waals surface area contributed by atoms with Crippen LogP contribution in [0.25, 0.3) is 0 Å². The van der Waals surface area contributed by atoms with Gasteiger partial charge in [-0.15, -0.1) is 0 Å². The van der Waals surface area contributed by atoms with E-state index in [1.54, 1.807) is 12.4 Å². The average molecular weight is 327 g/mol. The number of aryl methyl sites for hydroxylation is 1. The van der Waals surface area contributed by atoms with Crippen LogP contribution >= 0.6 is 0 Å². The molecule has 2 heterocycles. The molecule has 3 rings (SSSR count). The maximum absolute atomic E-state index is 12.9. The Hall–Kier alpha value is -2.37. The summed E-state index contributed by atoms with van der Waals surface area (Å²) in [7, 11) is 1.96. The lowest BCUT2D eigenvalue weighted by molar-refractivity contribution is 0.0723. The van der Waals surface area contributed by atoms with Gasteiger partial charge in [-0.2, -0.15) is 0 Å². The maximum Gasteiger partial charge on any atom is 0.256 e. The Morgan fingerprint density at radius 3 is 2.50 bits per heavy atom. The number of hydrogen-bond donors (Lipinski definition) is 0. The lowest BCUT2D eigenvalue weighted by Gasteiger charge is -2.23. The van der Waals surface area contributed by atoms with Crippen LogP contribution in [-0.2, 0) is 13.6 Å². The van der Waals surface area contributed by atoms with Crippen molar-refractivity contribution < 1.29 is 4.79 Å². The first-order valence-electron chi connectivity index (χ1n) is 8.62. The van der Waals surface area contributed by atoms with Crippen LogP contribution in [0, 0.1) is 0 Å². The van der Waals surface area contributed by atoms with Gasteiger partial charge in [0.25, 0.3) is 5.91 Å². The standard InChI is InChI=1S/C18H25N5O/c1-4-22(5-2)16-9-6-14(12-20-16)18(24)23(15-7-8-15)13-17-19-10-11-21(17)3/h6,9-12,15H,4-5,7-8,13H2,1-3H3. The highest BCUT2D eigenvalue weighted by atomic mass is 16.2. The Kier molecular flexibility index (Phi) is 4.83. The smallest absolute Gasteiger partial charge is 0.256 e. The molecule has 0 N–H and O–H groups in total. The number of pyridine rings is 1. The molecule has 0 radical (unpaired) electrons. The van der Waals surface area contributed by atoms with Crippen molar-refractivity contribution in [2.45, 2.75) is 39.3 Å². The number of carbonyl (C=O) groups is 1. The van der Waals surface area contributed by atoms with Crippen LogP contribution in [0.2, 0.25) is 0 Å². The van der Waals surface area contributed by atoms with Gasteiger partial charge in [0.05, 0.1) is 12.1 Å². The van der Waals surface area contributed by atoms with E-state index < -0.39 is 0 Å². The summed E-state index contributed by atoms with van der Waals surface area (Å²) in [6.45, 7) is 6.57. The summed E-state index contributed by atoms with van der Waals surface area (Å²) in [5.41, 5.74) is 0.645. The van der Waals surface area contributed by atoms with Crippen LogP contribution in [0.5, 0.6) is 0 Å². The number of hydrogen-bond acceptors (Lipinski definition) is 4. The Morgan fingerprint density at radius 1 is 1.25 bits per heavy atom. The quantitative estimate of drug-likeness (QED) is 0.784. The van der Waals surface area contributed by atoms with Gasteiger partial charge in [-0.05, 0) is 38.8 Å². The van der Waals surface area contributed by atoms with Gasteiger partial charge in [0.15, 0.2) is 0 Å². The van der Waals surface area contributed by atoms with Crippen molar-refractivity contribution in [3.8, 4) is 0 Å². The molecular formula is C18H25N5O. The first-order valence-corrected chi connectivity index (χ1v) is 8.62. The predicted octanol–water partition coefficient (Wildman–Crippen LogP) is 2.47. The van der Waals surface area contributed by atoms with Gasteiger partial charge in [0.2, 0.25) is 0 Å². The Balaban J connectivity index is 1.76. The number of amides is 1. The number of rotatable bonds is 7. The molecule has 0 aliphatic heterocycles. The van der Waals surface area contributed by atoms with Crippen molar-refractivity contribution >= 4 is 11.7 Å². The van der Waals surface area contributed by atoms with Crippen molar-refractivity contribution in [1.29, 1.82) is 0 Å². The SMILES string of the molecule is CCN(CC)c1ccc(C(=O)N(Cc2nccn2C)C2CC2)cn1. The summed E-state index contributed by atoms with van der Waals surface area (Å²) in [6, 6.07) is 4.15. The van der Waals surface area contributed by atoms with Crippen LogP contribution in [0.15, 0.2) is 30.7 Å². The zero-order valence-electron chi connectivity index (χ0n) is 14.6. The molecule has 1 aliphatic rings. The van der Waals surface area contributed by atoms with E-state index in [-0.39, 0.29) is 5.91 Å². The van der Waals surface area contributed by atoms with Gasteiger partial charge in [0.1, 0.15) is 11.6 Å². The fraction of sp³-hybridized carbons (Fsp3) is 0.500. The summed E-state index contributed by atoms with van der Waals surface area (Å²) in [5, 5.41) is 0. The number of imidazole rings is 1. The summed E-state index contributed by atoms with van der Waals surface area (Å²) in [6.07, 6.45) is 7.52. The molecule has 128 valence electrons. The van der Waals surface area contributed by atoms with Crippen LogP contribution in [0.4, 0.5) is 5.82 Å². The zero-order valence-corrected chi connectivity index (χ0v) is 14.6. The van der Waals surface area contributed by atoms with E-state index in [0.29, 0.717) is 18.2 Å². The zero-order chi connectivity index (χ0) is 17.1. The van der Waals surface area contributed by atoms with Crippen LogP contribution in [-0.4, -0.2) is 44.5 Å². The second-order valence-corrected chi connectivity index (χ2v) is 6.20. The van der Waals surface area contributed by atoms with E-state index in [4.69, 9.17) is 0 Å². The van der Waals surface area contributed by atoms with Crippen molar-refractivity contribution in [3.63, 3.8) is 0 Å². The summed E-state index contributed by atoms with van der Waals surface area (Å²) >= 11 is 0. The third-order valence-corrected chi connectivity index (χ3v) is 4.56. The highest BCUT2D eigenvalue weighted by Crippen LogP contribution is 2.29. The molecule has 2 aromatic heterocycles. The third-order valence-electron chi connectivity index (χ3n) is 4.56. The van der Waals surface area contributed by atoms with E-state index in [1.165, 1.54) is 0 Å². The summed E-state index contributed by atoms with van der Waals surface area (Å²) in [5.74, 6) is 1.86. The molecule has 24 heavy (non-hydrogen) atoms. The Morgan fingerprint density at radius 2 is 2.00 bits per heavy atom. The second kappa shape index (κ2) is 7.03. The highest BCUT2D eigenvalue weighted by molar-refractivity contribution is 5.94. The molecule has 1 saturated carbocycles. The van der Waals surface area contributed by atoms with Gasteiger partial charge >= 0.3 is 0 Å². The predicted molar refractivity (Wildman–Crippen MR) is 93.9 cm³/mol. The van der Waals surface area contributed by atoms with Gasteiger partial charge in [-0.3, -0.25) is 4.79 Å². The molecule has 0 saturated heterocycles. The first-order chi connectivity index (χ1) is 11.6. The lowest BCUT2D eigenvalue weighted by atomic mass is 10.2. The molecule has 1 amide bonds. The van der Waals surface area contributed by atoms with E-state index in [0.717, 1.165) is 37.6 Å². The van der Waals surface area contributed by atoms with Gasteiger partial charge in [-0.1, -0.05) is 0 Å². The molecule has 0 bridgehead atoms. The van der Waals surface area contributed by atoms with Crippen molar-refractivity contribution in [2.75, 3.05) is 18.0 Å². The van der Waals surface area contributed by atoms with Crippen LogP contribution in [0.1, 0.15) is 42.9 Å². The summed E-state index contributed by atoms with van der Waals surface area (Å²) in [4.78, 5) is 25.8. The molecule has 6 heteroatoms. The molecule has 1 fully saturated rings. The fourth-order valence-corrected chi connectivity index (χ4v) is 2.87. The first kappa shape index (κ1) is 16.5. The highest BCUT2D eigenvalue weighted by Gasteiger charge is 2.34. The number of carbonyl (C=O) groups excluding carboxylic acids is 1. The van der Waals surface area contributed by atoms with Crippen molar-refractivity contribution in [2.24, 2.45) is 7.05 Å². The monoisotopic (exact) mass is 327 g/mol. The Labute approximate surface area is 143 Å². The maximum atomic E-state index is 12.9. The van der Waals surface area contributed by atoms with Gasteiger partial charge in [0, 0.05) is 44.8 Å². The number of anilines is 1. The van der Waals surface area contributed by atoms with Crippen LogP contribution < -0.4 is 4.90 Å². The van der Waals surface area contributed by atoms with Gasteiger partial charge < -0.3 is 14.4 Å². The van der Waals surface area contributed by atoms with E-state index >= 15 is 0 Å². The van der Waals surface area contributed by atoms with E-state index in [2.05, 4.69) is 28.7 Å². The van der Waals surface area contributed by atoms with E-state index in [1.807, 2.05) is 34.8 Å². The molecular weight excluding hydrogens is 302 g/mol. The van der Waals surface area contributed by atoms with Crippen molar-refractivity contribution in [3.05, 3.63) is 42.1 Å². The third kappa shape index (κ3) is 3.42.